The molecule has 0 amide bonds. The Balaban J connectivity index is 2.62. The molecule has 0 saturated carbocycles. The molecular formula is C13H13NO. The first-order valence-electron chi connectivity index (χ1n) is 4.95. The van der Waals surface area contributed by atoms with Gasteiger partial charge in [0.1, 0.15) is 11.7 Å². The molecule has 0 N–H and O–H groups in total. The Morgan fingerprint density at radius 1 is 1.20 bits per heavy atom. The number of hydrogen-bond acceptors (Lipinski definition) is 2. The summed E-state index contributed by atoms with van der Waals surface area (Å²) < 4.78 is 5.32. The number of fused-ring (bicyclic) bond motifs is 1. The van der Waals surface area contributed by atoms with Crippen LogP contribution in [-0.2, 0) is 5.41 Å². The van der Waals surface area contributed by atoms with Crippen LogP contribution < -0.4 is 0 Å². The van der Waals surface area contributed by atoms with E-state index in [1.54, 1.807) is 6.07 Å². The van der Waals surface area contributed by atoms with Crippen LogP contribution in [0.4, 0.5) is 0 Å². The van der Waals surface area contributed by atoms with E-state index < -0.39 is 0 Å². The summed E-state index contributed by atoms with van der Waals surface area (Å²) in [5.41, 5.74) is 2.15. The first kappa shape index (κ1) is 9.79. The summed E-state index contributed by atoms with van der Waals surface area (Å²) in [5, 5.41) is 9.72. The number of furan rings is 1. The van der Waals surface area contributed by atoms with Crippen LogP contribution in [0.25, 0.3) is 11.0 Å². The summed E-state index contributed by atoms with van der Waals surface area (Å²) in [6, 6.07) is 9.85. The predicted octanol–water partition coefficient (Wildman–Crippen LogP) is 3.60. The molecule has 0 radical (unpaired) electrons. The molecule has 2 heteroatoms. The molecule has 0 aliphatic rings. The lowest BCUT2D eigenvalue weighted by Gasteiger charge is -2.18. The normalized spacial score (nSPS) is 11.6. The number of rotatable bonds is 0. The van der Waals surface area contributed by atoms with Gasteiger partial charge in [-0.25, -0.2) is 0 Å². The van der Waals surface area contributed by atoms with Crippen molar-refractivity contribution in [3.63, 3.8) is 0 Å². The lowest BCUT2D eigenvalue weighted by atomic mass is 9.86. The highest BCUT2D eigenvalue weighted by Gasteiger charge is 2.14. The molecule has 0 aliphatic heterocycles. The fourth-order valence-electron chi connectivity index (χ4n) is 1.56. The van der Waals surface area contributed by atoms with Gasteiger partial charge in [-0.15, -0.1) is 0 Å². The summed E-state index contributed by atoms with van der Waals surface area (Å²) in [7, 11) is 0. The number of hydrogen-bond donors (Lipinski definition) is 0. The quantitative estimate of drug-likeness (QED) is 0.650. The summed E-state index contributed by atoms with van der Waals surface area (Å²) in [6.45, 7) is 6.50. The fourth-order valence-corrected chi connectivity index (χ4v) is 1.56. The molecule has 0 bridgehead atoms. The van der Waals surface area contributed by atoms with Gasteiger partial charge in [0.05, 0.1) is 0 Å². The molecule has 15 heavy (non-hydrogen) atoms. The summed E-state index contributed by atoms with van der Waals surface area (Å²) >= 11 is 0. The number of benzene rings is 1. The van der Waals surface area contributed by atoms with Crippen molar-refractivity contribution >= 4 is 11.0 Å². The largest absolute Gasteiger partial charge is 0.446 e. The molecule has 0 atom stereocenters. The molecule has 1 aromatic carbocycles. The first-order valence-corrected chi connectivity index (χ1v) is 4.95. The molecule has 0 fully saturated rings. The van der Waals surface area contributed by atoms with E-state index in [1.165, 1.54) is 5.56 Å². The van der Waals surface area contributed by atoms with Crippen LogP contribution in [-0.4, -0.2) is 0 Å². The van der Waals surface area contributed by atoms with Gasteiger partial charge in [0, 0.05) is 11.5 Å². The fraction of sp³-hybridized carbons (Fsp3) is 0.308. The second kappa shape index (κ2) is 3.13. The maximum Gasteiger partial charge on any atom is 0.204 e. The van der Waals surface area contributed by atoms with Crippen molar-refractivity contribution in [1.82, 2.24) is 0 Å². The number of nitriles is 1. The average Bonchev–Trinajstić information content (AvgIpc) is 2.57. The topological polar surface area (TPSA) is 36.9 Å². The molecular weight excluding hydrogens is 186 g/mol. The minimum Gasteiger partial charge on any atom is -0.446 e. The van der Waals surface area contributed by atoms with Gasteiger partial charge in [-0.3, -0.25) is 0 Å². The third kappa shape index (κ3) is 1.73. The third-order valence-corrected chi connectivity index (χ3v) is 2.49. The van der Waals surface area contributed by atoms with Crippen LogP contribution in [0, 0.1) is 11.3 Å². The molecule has 1 heterocycles. The smallest absolute Gasteiger partial charge is 0.204 e. The van der Waals surface area contributed by atoms with E-state index in [1.807, 2.05) is 18.2 Å². The molecule has 76 valence electrons. The van der Waals surface area contributed by atoms with Crippen molar-refractivity contribution < 1.29 is 4.42 Å². The van der Waals surface area contributed by atoms with E-state index in [0.717, 1.165) is 11.0 Å². The zero-order valence-corrected chi connectivity index (χ0v) is 9.16. The van der Waals surface area contributed by atoms with Crippen LogP contribution >= 0.6 is 0 Å². The lowest BCUT2D eigenvalue weighted by molar-refractivity contribution is 0.587. The summed E-state index contributed by atoms with van der Waals surface area (Å²) in [4.78, 5) is 0. The molecule has 2 rings (SSSR count). The Bertz CT molecular complexity index is 538. The molecule has 0 unspecified atom stereocenters. The summed E-state index contributed by atoms with van der Waals surface area (Å²) in [6.07, 6.45) is 0. The van der Waals surface area contributed by atoms with Crippen LogP contribution in [0.3, 0.4) is 0 Å². The molecule has 0 spiro atoms. The zero-order chi connectivity index (χ0) is 11.1. The van der Waals surface area contributed by atoms with E-state index in [4.69, 9.17) is 9.68 Å². The van der Waals surface area contributed by atoms with Crippen molar-refractivity contribution in [2.45, 2.75) is 26.2 Å². The highest BCUT2D eigenvalue weighted by molar-refractivity contribution is 5.79. The minimum atomic E-state index is 0.123. The SMILES string of the molecule is CC(C)(C)c1ccc2oc(C#N)cc2c1. The molecule has 2 aromatic rings. The van der Waals surface area contributed by atoms with E-state index in [9.17, 15) is 0 Å². The highest BCUT2D eigenvalue weighted by Crippen LogP contribution is 2.27. The van der Waals surface area contributed by atoms with E-state index in [-0.39, 0.29) is 5.41 Å². The predicted molar refractivity (Wildman–Crippen MR) is 59.6 cm³/mol. The van der Waals surface area contributed by atoms with Crippen LogP contribution in [0.2, 0.25) is 0 Å². The van der Waals surface area contributed by atoms with Crippen molar-refractivity contribution in [2.24, 2.45) is 0 Å². The van der Waals surface area contributed by atoms with Crippen molar-refractivity contribution in [3.05, 3.63) is 35.6 Å². The Labute approximate surface area is 89.1 Å². The Morgan fingerprint density at radius 3 is 2.53 bits per heavy atom. The standard InChI is InChI=1S/C13H13NO/c1-13(2,3)10-4-5-12-9(6-10)7-11(8-14)15-12/h4-7H,1-3H3. The van der Waals surface area contributed by atoms with Gasteiger partial charge < -0.3 is 4.42 Å². The van der Waals surface area contributed by atoms with Gasteiger partial charge in [-0.05, 0) is 23.1 Å². The Kier molecular flexibility index (Phi) is 2.04. The zero-order valence-electron chi connectivity index (χ0n) is 9.16. The van der Waals surface area contributed by atoms with E-state index in [0.29, 0.717) is 5.76 Å². The Morgan fingerprint density at radius 2 is 1.93 bits per heavy atom. The average molecular weight is 199 g/mol. The van der Waals surface area contributed by atoms with Crippen molar-refractivity contribution in [1.29, 1.82) is 5.26 Å². The van der Waals surface area contributed by atoms with E-state index in [2.05, 4.69) is 26.8 Å². The molecule has 2 nitrogen and oxygen atoms in total. The van der Waals surface area contributed by atoms with Crippen LogP contribution in [0.15, 0.2) is 28.7 Å². The third-order valence-electron chi connectivity index (χ3n) is 2.49. The molecule has 0 aliphatic carbocycles. The van der Waals surface area contributed by atoms with Crippen molar-refractivity contribution in [2.75, 3.05) is 0 Å². The lowest BCUT2D eigenvalue weighted by Crippen LogP contribution is -2.10. The second-order valence-electron chi connectivity index (χ2n) is 4.73. The van der Waals surface area contributed by atoms with Crippen molar-refractivity contribution in [3.8, 4) is 6.07 Å². The highest BCUT2D eigenvalue weighted by atomic mass is 16.3. The number of nitrogens with zero attached hydrogens (tertiary/aromatic N) is 1. The van der Waals surface area contributed by atoms with Gasteiger partial charge in [0.15, 0.2) is 0 Å². The van der Waals surface area contributed by atoms with Gasteiger partial charge in [0.2, 0.25) is 5.76 Å². The minimum absolute atomic E-state index is 0.123. The van der Waals surface area contributed by atoms with Gasteiger partial charge in [-0.2, -0.15) is 5.26 Å². The molecule has 1 aromatic heterocycles. The maximum atomic E-state index is 8.72. The first-order chi connectivity index (χ1) is 7.00. The van der Waals surface area contributed by atoms with Crippen LogP contribution in [0.5, 0.6) is 0 Å². The molecule has 0 saturated heterocycles. The second-order valence-corrected chi connectivity index (χ2v) is 4.73. The van der Waals surface area contributed by atoms with Gasteiger partial charge in [-0.1, -0.05) is 26.8 Å². The van der Waals surface area contributed by atoms with Gasteiger partial charge in [0.25, 0.3) is 0 Å². The van der Waals surface area contributed by atoms with Gasteiger partial charge >= 0.3 is 0 Å². The Hall–Kier alpha value is -1.75. The van der Waals surface area contributed by atoms with Crippen LogP contribution in [0.1, 0.15) is 32.1 Å². The monoisotopic (exact) mass is 199 g/mol. The maximum absolute atomic E-state index is 8.72. The van der Waals surface area contributed by atoms with E-state index >= 15 is 0 Å². The summed E-state index contributed by atoms with van der Waals surface area (Å²) in [5.74, 6) is 0.371.